The summed E-state index contributed by atoms with van der Waals surface area (Å²) in [5.41, 5.74) is 3.56. The minimum Gasteiger partial charge on any atom is -0.367 e. The molecule has 4 rings (SSSR count). The van der Waals surface area contributed by atoms with Gasteiger partial charge in [-0.1, -0.05) is 18.2 Å². The highest BCUT2D eigenvalue weighted by Gasteiger charge is 2.22. The maximum Gasteiger partial charge on any atom is 0.150 e. The summed E-state index contributed by atoms with van der Waals surface area (Å²) in [7, 11) is 0. The lowest BCUT2D eigenvalue weighted by molar-refractivity contribution is 0.591. The van der Waals surface area contributed by atoms with E-state index in [0.29, 0.717) is 17.4 Å². The Bertz CT molecular complexity index is 809. The molecule has 1 aliphatic rings. The van der Waals surface area contributed by atoms with Crippen molar-refractivity contribution in [2.24, 2.45) is 0 Å². The van der Waals surface area contributed by atoms with Gasteiger partial charge in [0.1, 0.15) is 11.6 Å². The Kier molecular flexibility index (Phi) is 2.70. The van der Waals surface area contributed by atoms with E-state index in [1.807, 2.05) is 18.2 Å². The highest BCUT2D eigenvalue weighted by molar-refractivity contribution is 5.86. The van der Waals surface area contributed by atoms with E-state index in [0.717, 1.165) is 36.0 Å². The molecule has 2 aromatic carbocycles. The number of fused-ring (bicyclic) bond motifs is 3. The molecule has 0 bridgehead atoms. The van der Waals surface area contributed by atoms with E-state index in [1.54, 1.807) is 0 Å². The SMILES string of the molecule is Fc1cc(F)c2[nH]c3c(c2c1)CN(c1ccccc1)CC3. The van der Waals surface area contributed by atoms with Crippen LogP contribution in [0.25, 0.3) is 10.9 Å². The van der Waals surface area contributed by atoms with E-state index in [2.05, 4.69) is 22.0 Å². The summed E-state index contributed by atoms with van der Waals surface area (Å²) in [6.45, 7) is 1.54. The molecule has 1 aromatic heterocycles. The second-order valence-electron chi connectivity index (χ2n) is 5.40. The molecule has 1 aliphatic heterocycles. The molecule has 2 nitrogen and oxygen atoms in total. The number of hydrogen-bond acceptors (Lipinski definition) is 1. The fraction of sp³-hybridized carbons (Fsp3) is 0.176. The zero-order valence-electron chi connectivity index (χ0n) is 11.4. The molecular formula is C17H14F2N2. The Hall–Kier alpha value is -2.36. The third-order valence-corrected chi connectivity index (χ3v) is 4.12. The van der Waals surface area contributed by atoms with E-state index in [-0.39, 0.29) is 0 Å². The Morgan fingerprint density at radius 3 is 2.67 bits per heavy atom. The lowest BCUT2D eigenvalue weighted by Crippen LogP contribution is -2.29. The standard InChI is InChI=1S/C17H14F2N2/c18-11-8-13-14-10-21(12-4-2-1-3-5-12)7-6-16(14)20-17(13)15(19)9-11/h1-5,8-9,20H,6-7,10H2. The van der Waals surface area contributed by atoms with Gasteiger partial charge in [0.25, 0.3) is 0 Å². The fourth-order valence-electron chi connectivity index (χ4n) is 3.10. The quantitative estimate of drug-likeness (QED) is 0.715. The van der Waals surface area contributed by atoms with Gasteiger partial charge in [-0.05, 0) is 18.2 Å². The van der Waals surface area contributed by atoms with E-state index in [9.17, 15) is 8.78 Å². The van der Waals surface area contributed by atoms with Crippen LogP contribution >= 0.6 is 0 Å². The smallest absolute Gasteiger partial charge is 0.150 e. The molecule has 0 aliphatic carbocycles. The molecule has 0 fully saturated rings. The Morgan fingerprint density at radius 1 is 1.05 bits per heavy atom. The van der Waals surface area contributed by atoms with Crippen LogP contribution < -0.4 is 4.90 Å². The first-order valence-corrected chi connectivity index (χ1v) is 7.01. The normalized spacial score (nSPS) is 14.5. The maximum atomic E-state index is 13.9. The molecule has 1 N–H and O–H groups in total. The molecule has 106 valence electrons. The first-order chi connectivity index (χ1) is 10.2. The minimum absolute atomic E-state index is 0.413. The number of rotatable bonds is 1. The predicted octanol–water partition coefficient (Wildman–Crippen LogP) is 4.01. The largest absolute Gasteiger partial charge is 0.367 e. The van der Waals surface area contributed by atoms with E-state index in [4.69, 9.17) is 0 Å². The van der Waals surface area contributed by atoms with Crippen LogP contribution in [-0.4, -0.2) is 11.5 Å². The van der Waals surface area contributed by atoms with Crippen molar-refractivity contribution in [2.75, 3.05) is 11.4 Å². The van der Waals surface area contributed by atoms with Crippen molar-refractivity contribution in [2.45, 2.75) is 13.0 Å². The summed E-state index contributed by atoms with van der Waals surface area (Å²) in [4.78, 5) is 5.35. The molecule has 0 radical (unpaired) electrons. The number of nitrogens with one attached hydrogen (secondary N) is 1. The molecule has 2 heterocycles. The maximum absolute atomic E-state index is 13.9. The Balaban J connectivity index is 1.81. The van der Waals surface area contributed by atoms with Crippen LogP contribution in [0.3, 0.4) is 0 Å². The first kappa shape index (κ1) is 12.4. The van der Waals surface area contributed by atoms with Crippen LogP contribution in [0, 0.1) is 11.6 Å². The predicted molar refractivity (Wildman–Crippen MR) is 79.4 cm³/mol. The second kappa shape index (κ2) is 4.58. The van der Waals surface area contributed by atoms with Crippen LogP contribution in [0.4, 0.5) is 14.5 Å². The van der Waals surface area contributed by atoms with Crippen molar-refractivity contribution >= 4 is 16.6 Å². The number of halogens is 2. The third-order valence-electron chi connectivity index (χ3n) is 4.12. The second-order valence-corrected chi connectivity index (χ2v) is 5.40. The number of benzene rings is 2. The van der Waals surface area contributed by atoms with Crippen LogP contribution in [0.1, 0.15) is 11.3 Å². The van der Waals surface area contributed by atoms with Gasteiger partial charge in [-0.25, -0.2) is 8.78 Å². The lowest BCUT2D eigenvalue weighted by Gasteiger charge is -2.29. The van der Waals surface area contributed by atoms with Crippen LogP contribution in [0.2, 0.25) is 0 Å². The van der Waals surface area contributed by atoms with Crippen LogP contribution in [-0.2, 0) is 13.0 Å². The van der Waals surface area contributed by atoms with Gasteiger partial charge >= 0.3 is 0 Å². The number of aromatic amines is 1. The zero-order valence-corrected chi connectivity index (χ0v) is 11.4. The van der Waals surface area contributed by atoms with Gasteiger partial charge in [0.05, 0.1) is 5.52 Å². The molecule has 4 heteroatoms. The van der Waals surface area contributed by atoms with Crippen molar-refractivity contribution in [3.8, 4) is 0 Å². The molecule has 21 heavy (non-hydrogen) atoms. The summed E-state index contributed by atoms with van der Waals surface area (Å²) in [6, 6.07) is 12.4. The first-order valence-electron chi connectivity index (χ1n) is 7.01. The highest BCUT2D eigenvalue weighted by Crippen LogP contribution is 2.31. The molecular weight excluding hydrogens is 270 g/mol. The number of nitrogens with zero attached hydrogens (tertiary/aromatic N) is 1. The van der Waals surface area contributed by atoms with Gasteiger partial charge < -0.3 is 9.88 Å². The van der Waals surface area contributed by atoms with E-state index < -0.39 is 11.6 Å². The Morgan fingerprint density at radius 2 is 1.86 bits per heavy atom. The van der Waals surface area contributed by atoms with Crippen molar-refractivity contribution in [1.29, 1.82) is 0 Å². The van der Waals surface area contributed by atoms with Crippen LogP contribution in [0.15, 0.2) is 42.5 Å². The summed E-state index contributed by atoms with van der Waals surface area (Å²) in [5, 5.41) is 0.656. The molecule has 3 aromatic rings. The summed E-state index contributed by atoms with van der Waals surface area (Å²) in [6.07, 6.45) is 0.806. The van der Waals surface area contributed by atoms with Gasteiger partial charge in [0, 0.05) is 47.9 Å². The van der Waals surface area contributed by atoms with E-state index >= 15 is 0 Å². The summed E-state index contributed by atoms with van der Waals surface area (Å²) >= 11 is 0. The average molecular weight is 284 g/mol. The minimum atomic E-state index is -0.529. The monoisotopic (exact) mass is 284 g/mol. The van der Waals surface area contributed by atoms with E-state index in [1.165, 1.54) is 6.07 Å². The molecule has 0 atom stereocenters. The molecule has 0 unspecified atom stereocenters. The molecule has 0 amide bonds. The number of aromatic nitrogens is 1. The van der Waals surface area contributed by atoms with Crippen molar-refractivity contribution in [1.82, 2.24) is 4.98 Å². The van der Waals surface area contributed by atoms with Gasteiger partial charge in [-0.2, -0.15) is 0 Å². The summed E-state index contributed by atoms with van der Waals surface area (Å²) in [5.74, 6) is -1.05. The zero-order chi connectivity index (χ0) is 14.4. The Labute approximate surface area is 121 Å². The van der Waals surface area contributed by atoms with Crippen molar-refractivity contribution < 1.29 is 8.78 Å². The number of anilines is 1. The van der Waals surface area contributed by atoms with Crippen LogP contribution in [0.5, 0.6) is 0 Å². The van der Waals surface area contributed by atoms with Gasteiger partial charge in [0.15, 0.2) is 0 Å². The number of H-pyrrole nitrogens is 1. The fourth-order valence-corrected chi connectivity index (χ4v) is 3.10. The van der Waals surface area contributed by atoms with Crippen molar-refractivity contribution in [3.63, 3.8) is 0 Å². The lowest BCUT2D eigenvalue weighted by atomic mass is 10.0. The van der Waals surface area contributed by atoms with Gasteiger partial charge in [0.2, 0.25) is 0 Å². The third kappa shape index (κ3) is 1.98. The summed E-state index contributed by atoms with van der Waals surface area (Å²) < 4.78 is 27.4. The van der Waals surface area contributed by atoms with Crippen molar-refractivity contribution in [3.05, 3.63) is 65.4 Å². The topological polar surface area (TPSA) is 19.0 Å². The van der Waals surface area contributed by atoms with Gasteiger partial charge in [-0.3, -0.25) is 0 Å². The highest BCUT2D eigenvalue weighted by atomic mass is 19.1. The number of para-hydroxylation sites is 1. The van der Waals surface area contributed by atoms with Gasteiger partial charge in [-0.15, -0.1) is 0 Å². The number of hydrogen-bond donors (Lipinski definition) is 1. The molecule has 0 saturated heterocycles. The molecule has 0 spiro atoms. The molecule has 0 saturated carbocycles. The average Bonchev–Trinajstić information content (AvgIpc) is 2.86.